The molecule has 0 bridgehead atoms. The average Bonchev–Trinajstić information content (AvgIpc) is 3.36. The molecule has 1 aliphatic heterocycles. The molecule has 6 nitrogen and oxygen atoms in total. The summed E-state index contributed by atoms with van der Waals surface area (Å²) in [7, 11) is 2.05. The molecule has 0 fully saturated rings. The van der Waals surface area contributed by atoms with E-state index >= 15 is 0 Å². The standard InChI is InChI=1S/C30H24N4O2/c1-33-25-16-8-7-15-24(25)27(28(33)20-10-3-2-4-11-20)29-22-13-5-6-14-23(22)30(36)34(29)19-26(35)32-21-12-9-17-31-18-21/h2-18,29H,19H2,1H3,(H,32,35)/t29-/m0/s1. The van der Waals surface area contributed by atoms with E-state index in [0.717, 1.165) is 33.3 Å². The number of para-hydroxylation sites is 1. The quantitative estimate of drug-likeness (QED) is 0.371. The summed E-state index contributed by atoms with van der Waals surface area (Å²) in [6, 6.07) is 29.2. The molecule has 36 heavy (non-hydrogen) atoms. The summed E-state index contributed by atoms with van der Waals surface area (Å²) in [5.74, 6) is -0.417. The molecule has 0 spiro atoms. The number of hydrogen-bond donors (Lipinski definition) is 1. The van der Waals surface area contributed by atoms with Gasteiger partial charge < -0.3 is 14.8 Å². The maximum absolute atomic E-state index is 13.7. The van der Waals surface area contributed by atoms with Gasteiger partial charge in [0.05, 0.1) is 23.6 Å². The van der Waals surface area contributed by atoms with E-state index in [9.17, 15) is 9.59 Å². The fourth-order valence-electron chi connectivity index (χ4n) is 5.28. The van der Waals surface area contributed by atoms with E-state index < -0.39 is 6.04 Å². The average molecular weight is 473 g/mol. The number of nitrogens with one attached hydrogen (secondary N) is 1. The molecule has 1 aliphatic rings. The Hall–Kier alpha value is -4.71. The zero-order valence-electron chi connectivity index (χ0n) is 19.8. The lowest BCUT2D eigenvalue weighted by Gasteiger charge is -2.26. The first-order valence-corrected chi connectivity index (χ1v) is 11.9. The second-order valence-corrected chi connectivity index (χ2v) is 8.92. The lowest BCUT2D eigenvalue weighted by atomic mass is 9.93. The molecule has 0 radical (unpaired) electrons. The minimum Gasteiger partial charge on any atom is -0.343 e. The van der Waals surface area contributed by atoms with Crippen LogP contribution in [0, 0.1) is 0 Å². The zero-order chi connectivity index (χ0) is 24.6. The van der Waals surface area contributed by atoms with Crippen molar-refractivity contribution in [2.75, 3.05) is 11.9 Å². The Morgan fingerprint density at radius 2 is 1.67 bits per heavy atom. The van der Waals surface area contributed by atoms with Crippen LogP contribution in [0.5, 0.6) is 0 Å². The minimum absolute atomic E-state index is 0.0788. The van der Waals surface area contributed by atoms with Crippen LogP contribution in [0.1, 0.15) is 27.5 Å². The summed E-state index contributed by atoms with van der Waals surface area (Å²) in [6.07, 6.45) is 3.24. The van der Waals surface area contributed by atoms with Crippen molar-refractivity contribution in [2.45, 2.75) is 6.04 Å². The van der Waals surface area contributed by atoms with Gasteiger partial charge in [-0.1, -0.05) is 66.7 Å². The van der Waals surface area contributed by atoms with Crippen molar-refractivity contribution >= 4 is 28.4 Å². The van der Waals surface area contributed by atoms with E-state index in [0.29, 0.717) is 11.3 Å². The van der Waals surface area contributed by atoms with E-state index in [1.54, 1.807) is 29.4 Å². The molecule has 2 amide bonds. The molecular formula is C30H24N4O2. The predicted octanol–water partition coefficient (Wildman–Crippen LogP) is 5.42. The highest BCUT2D eigenvalue weighted by Gasteiger charge is 2.41. The molecule has 1 N–H and O–H groups in total. The number of rotatable bonds is 5. The van der Waals surface area contributed by atoms with Crippen molar-refractivity contribution in [2.24, 2.45) is 7.05 Å². The molecule has 3 aromatic carbocycles. The van der Waals surface area contributed by atoms with Crippen LogP contribution in [-0.2, 0) is 11.8 Å². The monoisotopic (exact) mass is 472 g/mol. The van der Waals surface area contributed by atoms with Gasteiger partial charge in [0, 0.05) is 35.3 Å². The van der Waals surface area contributed by atoms with Crippen LogP contribution in [0.3, 0.4) is 0 Å². The SMILES string of the molecule is Cn1c(-c2ccccc2)c([C@@H]2c3ccccc3C(=O)N2CC(=O)Nc2cccnc2)c2ccccc21. The van der Waals surface area contributed by atoms with Crippen LogP contribution in [0.25, 0.3) is 22.2 Å². The van der Waals surface area contributed by atoms with E-state index in [4.69, 9.17) is 0 Å². The van der Waals surface area contributed by atoms with E-state index in [1.165, 1.54) is 0 Å². The van der Waals surface area contributed by atoms with Crippen LogP contribution < -0.4 is 5.32 Å². The van der Waals surface area contributed by atoms with Crippen LogP contribution in [-0.4, -0.2) is 32.8 Å². The van der Waals surface area contributed by atoms with Gasteiger partial charge in [-0.25, -0.2) is 0 Å². The van der Waals surface area contributed by atoms with E-state index in [1.807, 2.05) is 54.6 Å². The molecule has 0 saturated heterocycles. The number of carbonyl (C=O) groups excluding carboxylic acids is 2. The third kappa shape index (κ3) is 3.55. The first-order chi connectivity index (χ1) is 17.6. The number of anilines is 1. The highest BCUT2D eigenvalue weighted by molar-refractivity contribution is 6.05. The Morgan fingerprint density at radius 1 is 0.917 bits per heavy atom. The van der Waals surface area contributed by atoms with Crippen molar-refractivity contribution < 1.29 is 9.59 Å². The maximum atomic E-state index is 13.7. The molecular weight excluding hydrogens is 448 g/mol. The number of carbonyl (C=O) groups is 2. The van der Waals surface area contributed by atoms with Gasteiger partial charge in [-0.3, -0.25) is 14.6 Å². The molecule has 2 aromatic heterocycles. The lowest BCUT2D eigenvalue weighted by Crippen LogP contribution is -2.36. The largest absolute Gasteiger partial charge is 0.343 e. The van der Waals surface area contributed by atoms with Crippen LogP contribution in [0.2, 0.25) is 0 Å². The molecule has 176 valence electrons. The highest BCUT2D eigenvalue weighted by Crippen LogP contribution is 2.46. The summed E-state index contributed by atoms with van der Waals surface area (Å²) in [5, 5.41) is 3.94. The van der Waals surface area contributed by atoms with Gasteiger partial charge in [0.1, 0.15) is 6.54 Å². The number of hydrogen-bond acceptors (Lipinski definition) is 3. The third-order valence-electron chi connectivity index (χ3n) is 6.78. The van der Waals surface area contributed by atoms with Gasteiger partial charge in [-0.2, -0.15) is 0 Å². The summed E-state index contributed by atoms with van der Waals surface area (Å²) in [4.78, 5) is 32.6. The molecule has 0 aliphatic carbocycles. The van der Waals surface area contributed by atoms with Gasteiger partial charge in [0.25, 0.3) is 5.91 Å². The second kappa shape index (κ2) is 8.82. The van der Waals surface area contributed by atoms with E-state index in [2.05, 4.69) is 46.2 Å². The molecule has 0 unspecified atom stereocenters. The summed E-state index contributed by atoms with van der Waals surface area (Å²) >= 11 is 0. The second-order valence-electron chi connectivity index (χ2n) is 8.92. The molecule has 1 atom stereocenters. The number of nitrogens with zero attached hydrogens (tertiary/aromatic N) is 3. The number of aromatic nitrogens is 2. The topological polar surface area (TPSA) is 67.2 Å². The maximum Gasteiger partial charge on any atom is 0.255 e. The van der Waals surface area contributed by atoms with Crippen LogP contribution >= 0.6 is 0 Å². The Balaban J connectivity index is 1.52. The van der Waals surface area contributed by atoms with Crippen molar-refractivity contribution in [3.05, 3.63) is 120 Å². The Morgan fingerprint density at radius 3 is 2.47 bits per heavy atom. The van der Waals surface area contributed by atoms with Crippen molar-refractivity contribution in [3.8, 4) is 11.3 Å². The number of fused-ring (bicyclic) bond motifs is 2. The molecule has 6 rings (SSSR count). The smallest absolute Gasteiger partial charge is 0.255 e. The molecule has 3 heterocycles. The predicted molar refractivity (Wildman–Crippen MR) is 141 cm³/mol. The van der Waals surface area contributed by atoms with Gasteiger partial charge in [0.2, 0.25) is 5.91 Å². The van der Waals surface area contributed by atoms with Crippen molar-refractivity contribution in [1.82, 2.24) is 14.5 Å². The first-order valence-electron chi connectivity index (χ1n) is 11.9. The van der Waals surface area contributed by atoms with Gasteiger partial charge in [-0.15, -0.1) is 0 Å². The molecule has 6 heteroatoms. The van der Waals surface area contributed by atoms with Gasteiger partial charge >= 0.3 is 0 Å². The number of aryl methyl sites for hydroxylation is 1. The molecule has 5 aromatic rings. The zero-order valence-corrected chi connectivity index (χ0v) is 19.8. The fourth-order valence-corrected chi connectivity index (χ4v) is 5.28. The molecule has 0 saturated carbocycles. The number of amides is 2. The summed E-state index contributed by atoms with van der Waals surface area (Å²) < 4.78 is 2.18. The number of benzene rings is 3. The Labute approximate surface area is 208 Å². The van der Waals surface area contributed by atoms with Gasteiger partial charge in [0.15, 0.2) is 0 Å². The highest BCUT2D eigenvalue weighted by atomic mass is 16.2. The normalized spacial score (nSPS) is 14.8. The van der Waals surface area contributed by atoms with Gasteiger partial charge in [-0.05, 0) is 35.4 Å². The van der Waals surface area contributed by atoms with Crippen LogP contribution in [0.4, 0.5) is 5.69 Å². The Bertz CT molecular complexity index is 1590. The van der Waals surface area contributed by atoms with E-state index in [-0.39, 0.29) is 18.4 Å². The minimum atomic E-state index is -0.408. The summed E-state index contributed by atoms with van der Waals surface area (Å²) in [6.45, 7) is -0.0788. The lowest BCUT2D eigenvalue weighted by molar-refractivity contribution is -0.117. The van der Waals surface area contributed by atoms with Crippen LogP contribution in [0.15, 0.2) is 103 Å². The summed E-state index contributed by atoms with van der Waals surface area (Å²) in [5.41, 5.74) is 6.31. The van der Waals surface area contributed by atoms with Crippen molar-refractivity contribution in [3.63, 3.8) is 0 Å². The van der Waals surface area contributed by atoms with Crippen molar-refractivity contribution in [1.29, 1.82) is 0 Å². The third-order valence-corrected chi connectivity index (χ3v) is 6.78. The Kier molecular flexibility index (Phi) is 5.34. The number of pyridine rings is 1. The fraction of sp³-hybridized carbons (Fsp3) is 0.100. The first kappa shape index (κ1) is 21.8.